The largest absolute Gasteiger partial charge is 0.395 e. The van der Waals surface area contributed by atoms with Crippen LogP contribution in [0.2, 0.25) is 5.02 Å². The molecule has 0 aliphatic heterocycles. The average molecular weight is 420 g/mol. The molecule has 5 nitrogen and oxygen atoms in total. The van der Waals surface area contributed by atoms with E-state index in [-0.39, 0.29) is 12.5 Å². The van der Waals surface area contributed by atoms with Crippen molar-refractivity contribution in [2.45, 2.75) is 6.92 Å². The number of aromatic amines is 1. The number of rotatable bonds is 6. The summed E-state index contributed by atoms with van der Waals surface area (Å²) in [4.78, 5) is 21.5. The quantitative estimate of drug-likeness (QED) is 0.461. The van der Waals surface area contributed by atoms with Crippen LogP contribution in [0.5, 0.6) is 0 Å². The van der Waals surface area contributed by atoms with Crippen molar-refractivity contribution >= 4 is 28.5 Å². The van der Waals surface area contributed by atoms with E-state index in [2.05, 4.69) is 9.97 Å². The van der Waals surface area contributed by atoms with Gasteiger partial charge in [0.15, 0.2) is 0 Å². The summed E-state index contributed by atoms with van der Waals surface area (Å²) in [5.74, 6) is -0.0724. The van der Waals surface area contributed by atoms with Crippen LogP contribution in [0, 0.1) is 0 Å². The minimum Gasteiger partial charge on any atom is -0.395 e. The second kappa shape index (κ2) is 8.69. The molecule has 3 aromatic carbocycles. The molecule has 0 spiro atoms. The summed E-state index contributed by atoms with van der Waals surface area (Å²) in [6.45, 7) is 2.76. The zero-order chi connectivity index (χ0) is 21.1. The van der Waals surface area contributed by atoms with Gasteiger partial charge in [-0.3, -0.25) is 4.79 Å². The highest BCUT2D eigenvalue weighted by molar-refractivity contribution is 6.34. The maximum absolute atomic E-state index is 12.5. The number of aliphatic hydroxyl groups is 1. The fourth-order valence-corrected chi connectivity index (χ4v) is 3.80. The van der Waals surface area contributed by atoms with Crippen LogP contribution in [0.25, 0.3) is 33.3 Å². The van der Waals surface area contributed by atoms with E-state index in [0.717, 1.165) is 33.3 Å². The van der Waals surface area contributed by atoms with Crippen LogP contribution >= 0.6 is 11.6 Å². The van der Waals surface area contributed by atoms with Crippen molar-refractivity contribution in [3.05, 3.63) is 77.6 Å². The summed E-state index contributed by atoms with van der Waals surface area (Å²) < 4.78 is 0. The van der Waals surface area contributed by atoms with E-state index < -0.39 is 0 Å². The minimum atomic E-state index is -0.0724. The van der Waals surface area contributed by atoms with Crippen molar-refractivity contribution in [2.75, 3.05) is 19.7 Å². The first-order chi connectivity index (χ1) is 14.6. The summed E-state index contributed by atoms with van der Waals surface area (Å²) in [7, 11) is 0. The number of amides is 1. The monoisotopic (exact) mass is 419 g/mol. The first-order valence-electron chi connectivity index (χ1n) is 9.84. The highest BCUT2D eigenvalue weighted by Gasteiger charge is 2.13. The number of carbonyl (C=O) groups is 1. The van der Waals surface area contributed by atoms with Crippen LogP contribution in [0.15, 0.2) is 67.0 Å². The van der Waals surface area contributed by atoms with Gasteiger partial charge in [-0.05, 0) is 47.9 Å². The number of nitrogens with one attached hydrogen (secondary N) is 1. The number of imidazole rings is 1. The molecule has 4 rings (SSSR count). The third-order valence-corrected chi connectivity index (χ3v) is 5.52. The number of carbonyl (C=O) groups excluding carboxylic acids is 1. The molecule has 0 saturated carbocycles. The van der Waals surface area contributed by atoms with E-state index in [1.807, 2.05) is 67.6 Å². The Morgan fingerprint density at radius 3 is 2.30 bits per heavy atom. The van der Waals surface area contributed by atoms with Crippen LogP contribution in [-0.2, 0) is 0 Å². The van der Waals surface area contributed by atoms with Crippen LogP contribution in [0.4, 0.5) is 0 Å². The summed E-state index contributed by atoms with van der Waals surface area (Å²) in [5.41, 5.74) is 6.44. The fraction of sp³-hybridized carbons (Fsp3) is 0.167. The van der Waals surface area contributed by atoms with Crippen LogP contribution in [0.1, 0.15) is 17.3 Å². The van der Waals surface area contributed by atoms with Crippen molar-refractivity contribution in [3.63, 3.8) is 0 Å². The number of likely N-dealkylation sites (N-methyl/N-ethyl adjacent to an activating group) is 1. The third kappa shape index (κ3) is 3.95. The molecule has 0 fully saturated rings. The number of H-pyrrole nitrogens is 1. The van der Waals surface area contributed by atoms with Crippen LogP contribution in [-0.4, -0.2) is 45.6 Å². The van der Waals surface area contributed by atoms with Gasteiger partial charge in [0.05, 0.1) is 29.0 Å². The molecular formula is C24H22ClN3O2. The Kier molecular flexibility index (Phi) is 5.84. The molecule has 0 atom stereocenters. The number of halogens is 1. The van der Waals surface area contributed by atoms with Gasteiger partial charge >= 0.3 is 0 Å². The van der Waals surface area contributed by atoms with E-state index in [0.29, 0.717) is 23.7 Å². The summed E-state index contributed by atoms with van der Waals surface area (Å²) in [5, 5.41) is 9.78. The number of nitrogens with zero attached hydrogens (tertiary/aromatic N) is 2. The first-order valence-corrected chi connectivity index (χ1v) is 10.2. The number of aliphatic hydroxyl groups excluding tert-OH is 1. The van der Waals surface area contributed by atoms with Crippen molar-refractivity contribution in [3.8, 4) is 22.3 Å². The van der Waals surface area contributed by atoms with Gasteiger partial charge < -0.3 is 15.0 Å². The Bertz CT molecular complexity index is 1170. The number of benzene rings is 3. The highest BCUT2D eigenvalue weighted by atomic mass is 35.5. The van der Waals surface area contributed by atoms with E-state index in [4.69, 9.17) is 16.7 Å². The molecule has 0 radical (unpaired) electrons. The van der Waals surface area contributed by atoms with Gasteiger partial charge in [-0.15, -0.1) is 0 Å². The van der Waals surface area contributed by atoms with Crippen molar-refractivity contribution < 1.29 is 9.90 Å². The van der Waals surface area contributed by atoms with Crippen molar-refractivity contribution in [1.29, 1.82) is 0 Å². The van der Waals surface area contributed by atoms with E-state index in [1.54, 1.807) is 11.2 Å². The molecule has 1 amide bonds. The van der Waals surface area contributed by atoms with Gasteiger partial charge in [-0.2, -0.15) is 0 Å². The van der Waals surface area contributed by atoms with Gasteiger partial charge in [0.25, 0.3) is 5.91 Å². The molecule has 6 heteroatoms. The highest BCUT2D eigenvalue weighted by Crippen LogP contribution is 2.32. The number of fused-ring (bicyclic) bond motifs is 1. The standard InChI is InChI=1S/C24H22ClN3O2/c1-2-28(11-12-29)24(30)19-9-5-17(6-10-19)16-3-7-18(8-4-16)20-13-22-23(14-21(20)25)27-15-26-22/h3-10,13-15,29H,2,11-12H2,1H3,(H,26,27). The van der Waals surface area contributed by atoms with Gasteiger partial charge in [0, 0.05) is 24.2 Å². The molecule has 30 heavy (non-hydrogen) atoms. The third-order valence-electron chi connectivity index (χ3n) is 5.21. The molecular weight excluding hydrogens is 398 g/mol. The second-order valence-electron chi connectivity index (χ2n) is 7.01. The normalized spacial score (nSPS) is 11.0. The molecule has 0 bridgehead atoms. The lowest BCUT2D eigenvalue weighted by molar-refractivity contribution is 0.0732. The van der Waals surface area contributed by atoms with Crippen molar-refractivity contribution in [2.24, 2.45) is 0 Å². The summed E-state index contributed by atoms with van der Waals surface area (Å²) >= 11 is 6.46. The lowest BCUT2D eigenvalue weighted by Crippen LogP contribution is -2.33. The lowest BCUT2D eigenvalue weighted by atomic mass is 9.99. The minimum absolute atomic E-state index is 0.0406. The molecule has 1 aromatic heterocycles. The molecule has 0 aliphatic carbocycles. The topological polar surface area (TPSA) is 69.2 Å². The van der Waals surface area contributed by atoms with E-state index in [9.17, 15) is 4.79 Å². The predicted molar refractivity (Wildman–Crippen MR) is 121 cm³/mol. The molecule has 2 N–H and O–H groups in total. The van der Waals surface area contributed by atoms with Crippen LogP contribution < -0.4 is 0 Å². The average Bonchev–Trinajstić information content (AvgIpc) is 3.24. The molecule has 0 aliphatic rings. The van der Waals surface area contributed by atoms with Gasteiger partial charge in [0.1, 0.15) is 0 Å². The number of aromatic nitrogens is 2. The van der Waals surface area contributed by atoms with Crippen LogP contribution in [0.3, 0.4) is 0 Å². The lowest BCUT2D eigenvalue weighted by Gasteiger charge is -2.19. The Hall–Kier alpha value is -3.15. The molecule has 0 unspecified atom stereocenters. The summed E-state index contributed by atoms with van der Waals surface area (Å²) in [6, 6.07) is 19.6. The SMILES string of the molecule is CCN(CCO)C(=O)c1ccc(-c2ccc(-c3cc4nc[nH]c4cc3Cl)cc2)cc1. The van der Waals surface area contributed by atoms with Crippen molar-refractivity contribution in [1.82, 2.24) is 14.9 Å². The maximum Gasteiger partial charge on any atom is 0.253 e. The predicted octanol–water partition coefficient (Wildman–Crippen LogP) is 5.00. The zero-order valence-electron chi connectivity index (χ0n) is 16.6. The Balaban J connectivity index is 1.56. The summed E-state index contributed by atoms with van der Waals surface area (Å²) in [6.07, 6.45) is 1.66. The molecule has 4 aromatic rings. The van der Waals surface area contributed by atoms with E-state index >= 15 is 0 Å². The maximum atomic E-state index is 12.5. The fourth-order valence-electron chi connectivity index (χ4n) is 3.53. The van der Waals surface area contributed by atoms with Gasteiger partial charge in [-0.25, -0.2) is 4.98 Å². The Morgan fingerprint density at radius 2 is 1.67 bits per heavy atom. The van der Waals surface area contributed by atoms with E-state index in [1.165, 1.54) is 0 Å². The molecule has 0 saturated heterocycles. The second-order valence-corrected chi connectivity index (χ2v) is 7.42. The number of hydrogen-bond acceptors (Lipinski definition) is 3. The smallest absolute Gasteiger partial charge is 0.253 e. The molecule has 152 valence electrons. The zero-order valence-corrected chi connectivity index (χ0v) is 17.4. The van der Waals surface area contributed by atoms with Gasteiger partial charge in [-0.1, -0.05) is 48.0 Å². The Morgan fingerprint density at radius 1 is 1.03 bits per heavy atom. The Labute approximate surface area is 179 Å². The first kappa shape index (κ1) is 20.1. The number of hydrogen-bond donors (Lipinski definition) is 2. The van der Waals surface area contributed by atoms with Gasteiger partial charge in [0.2, 0.25) is 0 Å². The molecule has 1 heterocycles.